The molecule has 0 fully saturated rings. The molecule has 0 spiro atoms. The maximum absolute atomic E-state index is 5.38. The summed E-state index contributed by atoms with van der Waals surface area (Å²) in [5, 5.41) is 4.73. The van der Waals surface area contributed by atoms with Gasteiger partial charge in [-0.2, -0.15) is 0 Å². The molecule has 0 aliphatic rings. The van der Waals surface area contributed by atoms with Crippen LogP contribution < -0.4 is 0 Å². The molecule has 13 rings (SSSR count). The standard InChI is InChI=1S/C56H34N6S/c1-3-12-35(13-4-1)39-30-47(36-14-5-2-6-15-36)59-54(32-39)62-49-19-10-7-16-42(49)44-23-21-38(31-51(44)62)37-22-25-50-45(29-37)43-17-8-9-18-48(43)61(50)41-28-40(33-57-34-41)46-24-26-53-56(60-46)55-52(63-53)20-11-27-58-55/h1-34H. The Labute approximate surface area is 365 Å². The van der Waals surface area contributed by atoms with E-state index in [9.17, 15) is 0 Å². The minimum absolute atomic E-state index is 0.872. The lowest BCUT2D eigenvalue weighted by Crippen LogP contribution is -2.00. The van der Waals surface area contributed by atoms with Crippen molar-refractivity contribution >= 4 is 75.4 Å². The van der Waals surface area contributed by atoms with Crippen molar-refractivity contribution in [1.29, 1.82) is 0 Å². The molecule has 0 N–H and O–H groups in total. The number of fused-ring (bicyclic) bond motifs is 9. The van der Waals surface area contributed by atoms with E-state index in [1.807, 2.05) is 24.7 Å². The predicted octanol–water partition coefficient (Wildman–Crippen LogP) is 14.5. The summed E-state index contributed by atoms with van der Waals surface area (Å²) >= 11 is 1.72. The van der Waals surface area contributed by atoms with Gasteiger partial charge in [-0.1, -0.05) is 115 Å². The molecule has 7 heteroatoms. The van der Waals surface area contributed by atoms with Crippen molar-refractivity contribution < 1.29 is 0 Å². The van der Waals surface area contributed by atoms with Crippen LogP contribution in [0.3, 0.4) is 0 Å². The maximum atomic E-state index is 5.38. The molecule has 6 aromatic carbocycles. The van der Waals surface area contributed by atoms with E-state index in [4.69, 9.17) is 15.0 Å². The molecule has 0 amide bonds. The molecule has 0 saturated carbocycles. The largest absolute Gasteiger partial charge is 0.308 e. The van der Waals surface area contributed by atoms with E-state index in [0.29, 0.717) is 0 Å². The van der Waals surface area contributed by atoms with Gasteiger partial charge in [0.05, 0.1) is 54.7 Å². The van der Waals surface area contributed by atoms with E-state index < -0.39 is 0 Å². The third kappa shape index (κ3) is 5.78. The number of benzene rings is 6. The lowest BCUT2D eigenvalue weighted by Gasteiger charge is -2.13. The molecule has 0 unspecified atom stereocenters. The van der Waals surface area contributed by atoms with Crippen LogP contribution in [-0.4, -0.2) is 29.1 Å². The molecule has 0 aliphatic heterocycles. The van der Waals surface area contributed by atoms with Crippen molar-refractivity contribution in [3.8, 4) is 56.3 Å². The minimum Gasteiger partial charge on any atom is -0.308 e. The van der Waals surface area contributed by atoms with E-state index in [0.717, 1.165) is 98.8 Å². The van der Waals surface area contributed by atoms with Crippen molar-refractivity contribution in [2.75, 3.05) is 0 Å². The first kappa shape index (κ1) is 35.5. The van der Waals surface area contributed by atoms with Crippen LogP contribution in [-0.2, 0) is 0 Å². The number of aromatic nitrogens is 6. The van der Waals surface area contributed by atoms with Crippen molar-refractivity contribution in [3.05, 3.63) is 207 Å². The summed E-state index contributed by atoms with van der Waals surface area (Å²) in [6.45, 7) is 0. The Kier molecular flexibility index (Phi) is 7.98. The fourth-order valence-corrected chi connectivity index (χ4v) is 10.3. The molecule has 7 heterocycles. The van der Waals surface area contributed by atoms with Crippen LogP contribution in [0.1, 0.15) is 0 Å². The summed E-state index contributed by atoms with van der Waals surface area (Å²) in [5.74, 6) is 0.878. The lowest BCUT2D eigenvalue weighted by atomic mass is 10.0. The van der Waals surface area contributed by atoms with Crippen molar-refractivity contribution in [1.82, 2.24) is 29.1 Å². The zero-order chi connectivity index (χ0) is 41.4. The number of para-hydroxylation sites is 2. The normalized spacial score (nSPS) is 11.8. The van der Waals surface area contributed by atoms with Crippen LogP contribution in [0.4, 0.5) is 0 Å². The van der Waals surface area contributed by atoms with Crippen LogP contribution >= 0.6 is 11.3 Å². The Morgan fingerprint density at radius 1 is 0.365 bits per heavy atom. The fraction of sp³-hybridized carbons (Fsp3) is 0. The van der Waals surface area contributed by atoms with Gasteiger partial charge in [0, 0.05) is 45.1 Å². The van der Waals surface area contributed by atoms with E-state index in [-0.39, 0.29) is 0 Å². The molecule has 13 aromatic rings. The first-order valence-corrected chi connectivity index (χ1v) is 21.8. The Balaban J connectivity index is 0.961. The lowest BCUT2D eigenvalue weighted by molar-refractivity contribution is 1.08. The third-order valence-corrected chi connectivity index (χ3v) is 13.3. The Morgan fingerprint density at radius 2 is 1.05 bits per heavy atom. The van der Waals surface area contributed by atoms with Crippen LogP contribution in [0.5, 0.6) is 0 Å². The minimum atomic E-state index is 0.872. The van der Waals surface area contributed by atoms with E-state index in [1.165, 1.54) is 21.5 Å². The van der Waals surface area contributed by atoms with Crippen LogP contribution in [0.25, 0.3) is 120 Å². The van der Waals surface area contributed by atoms with Crippen molar-refractivity contribution in [3.63, 3.8) is 0 Å². The number of hydrogen-bond acceptors (Lipinski definition) is 5. The first-order valence-electron chi connectivity index (χ1n) is 21.0. The number of rotatable bonds is 6. The summed E-state index contributed by atoms with van der Waals surface area (Å²) in [4.78, 5) is 19.9. The number of pyridine rings is 4. The second kappa shape index (κ2) is 14.2. The summed E-state index contributed by atoms with van der Waals surface area (Å²) in [5.41, 5.74) is 15.7. The number of hydrogen-bond donors (Lipinski definition) is 0. The Morgan fingerprint density at radius 3 is 1.89 bits per heavy atom. The maximum Gasteiger partial charge on any atom is 0.138 e. The van der Waals surface area contributed by atoms with Gasteiger partial charge >= 0.3 is 0 Å². The first-order chi connectivity index (χ1) is 31.2. The van der Waals surface area contributed by atoms with Crippen LogP contribution in [0.15, 0.2) is 207 Å². The highest BCUT2D eigenvalue weighted by molar-refractivity contribution is 7.25. The average molecular weight is 823 g/mol. The molecule has 6 nitrogen and oxygen atoms in total. The molecular formula is C56H34N6S. The van der Waals surface area contributed by atoms with Crippen molar-refractivity contribution in [2.24, 2.45) is 0 Å². The highest BCUT2D eigenvalue weighted by Gasteiger charge is 2.19. The van der Waals surface area contributed by atoms with Gasteiger partial charge in [0.15, 0.2) is 0 Å². The quantitative estimate of drug-likeness (QED) is 0.168. The summed E-state index contributed by atoms with van der Waals surface area (Å²) < 4.78 is 6.92. The molecule has 0 atom stereocenters. The highest BCUT2D eigenvalue weighted by Crippen LogP contribution is 2.40. The van der Waals surface area contributed by atoms with Gasteiger partial charge in [-0.3, -0.25) is 14.5 Å². The second-order valence-corrected chi connectivity index (χ2v) is 17.0. The van der Waals surface area contributed by atoms with Gasteiger partial charge in [-0.25, -0.2) is 9.97 Å². The van der Waals surface area contributed by atoms with Gasteiger partial charge in [-0.05, 0) is 95.1 Å². The monoisotopic (exact) mass is 822 g/mol. The fourth-order valence-electron chi connectivity index (χ4n) is 9.33. The molecule has 7 aromatic heterocycles. The SMILES string of the molecule is c1ccc(-c2cc(-c3ccccc3)nc(-n3c4ccccc4c4ccc(-c5ccc6c(c5)c5ccccc5n6-c5cncc(-c6ccc7sc8cccnc8c7n6)c5)cc43)c2)cc1. The topological polar surface area (TPSA) is 61.4 Å². The van der Waals surface area contributed by atoms with Crippen LogP contribution in [0, 0.1) is 0 Å². The second-order valence-electron chi connectivity index (χ2n) is 15.9. The molecule has 0 bridgehead atoms. The smallest absolute Gasteiger partial charge is 0.138 e. The van der Waals surface area contributed by atoms with Gasteiger partial charge in [0.2, 0.25) is 0 Å². The third-order valence-electron chi connectivity index (χ3n) is 12.2. The van der Waals surface area contributed by atoms with E-state index >= 15 is 0 Å². The van der Waals surface area contributed by atoms with Crippen molar-refractivity contribution in [2.45, 2.75) is 0 Å². The molecular weight excluding hydrogens is 789 g/mol. The predicted molar refractivity (Wildman–Crippen MR) is 261 cm³/mol. The van der Waals surface area contributed by atoms with E-state index in [2.05, 4.69) is 196 Å². The molecule has 63 heavy (non-hydrogen) atoms. The van der Waals surface area contributed by atoms with Gasteiger partial charge in [0.25, 0.3) is 0 Å². The van der Waals surface area contributed by atoms with Gasteiger partial charge < -0.3 is 4.57 Å². The summed E-state index contributed by atoms with van der Waals surface area (Å²) in [6, 6.07) is 67.0. The van der Waals surface area contributed by atoms with Gasteiger partial charge in [-0.15, -0.1) is 11.3 Å². The summed E-state index contributed by atoms with van der Waals surface area (Å²) in [6.07, 6.45) is 5.68. The Bertz CT molecular complexity index is 3860. The number of thiophene rings is 1. The summed E-state index contributed by atoms with van der Waals surface area (Å²) in [7, 11) is 0. The zero-order valence-corrected chi connectivity index (χ0v) is 34.5. The molecule has 0 aliphatic carbocycles. The van der Waals surface area contributed by atoms with Gasteiger partial charge in [0.1, 0.15) is 16.9 Å². The molecule has 0 saturated heterocycles. The van der Waals surface area contributed by atoms with Crippen LogP contribution in [0.2, 0.25) is 0 Å². The molecule has 294 valence electrons. The number of nitrogens with zero attached hydrogens (tertiary/aromatic N) is 6. The highest BCUT2D eigenvalue weighted by atomic mass is 32.1. The van der Waals surface area contributed by atoms with E-state index in [1.54, 1.807) is 11.3 Å². The molecule has 0 radical (unpaired) electrons. The average Bonchev–Trinajstić information content (AvgIpc) is 4.01. The zero-order valence-electron chi connectivity index (χ0n) is 33.7. The Hall–Kier alpha value is -8.26.